The lowest BCUT2D eigenvalue weighted by Gasteiger charge is -2.16. The molecule has 0 radical (unpaired) electrons. The Morgan fingerprint density at radius 1 is 1.15 bits per heavy atom. The van der Waals surface area contributed by atoms with Gasteiger partial charge in [0.1, 0.15) is 18.0 Å². The molecule has 1 aromatic carbocycles. The maximum atomic E-state index is 12.7. The minimum Gasteiger partial charge on any atom is -0.345 e. The van der Waals surface area contributed by atoms with Crippen LogP contribution in [0.15, 0.2) is 43.1 Å². The van der Waals surface area contributed by atoms with Crippen molar-refractivity contribution in [3.05, 3.63) is 43.1 Å². The Labute approximate surface area is 145 Å². The highest BCUT2D eigenvalue weighted by molar-refractivity contribution is 5.96. The maximum absolute atomic E-state index is 12.7. The minimum atomic E-state index is -4.37. The number of aromatic amines is 1. The van der Waals surface area contributed by atoms with E-state index in [1.165, 1.54) is 12.5 Å². The Kier molecular flexibility index (Phi) is 3.71. The van der Waals surface area contributed by atoms with Crippen molar-refractivity contribution in [3.63, 3.8) is 0 Å². The second kappa shape index (κ2) is 5.94. The molecule has 1 atom stereocenters. The highest BCUT2D eigenvalue weighted by Crippen LogP contribution is 2.30. The van der Waals surface area contributed by atoms with Gasteiger partial charge in [0.2, 0.25) is 5.95 Å². The number of H-pyrrole nitrogens is 1. The molecule has 0 aliphatic heterocycles. The van der Waals surface area contributed by atoms with E-state index in [2.05, 4.69) is 30.2 Å². The summed E-state index contributed by atoms with van der Waals surface area (Å²) in [5, 5.41) is 3.86. The van der Waals surface area contributed by atoms with Crippen molar-refractivity contribution >= 4 is 27.9 Å². The van der Waals surface area contributed by atoms with Gasteiger partial charge in [0.25, 0.3) is 0 Å². The first-order valence-electron chi connectivity index (χ1n) is 7.79. The second-order valence-corrected chi connectivity index (χ2v) is 5.86. The van der Waals surface area contributed by atoms with E-state index in [9.17, 15) is 13.2 Å². The first-order valence-corrected chi connectivity index (χ1v) is 7.79. The van der Waals surface area contributed by atoms with E-state index in [-0.39, 0.29) is 5.95 Å². The number of nitrogens with one attached hydrogen (secondary N) is 2. The molecule has 0 aliphatic rings. The van der Waals surface area contributed by atoms with Crippen molar-refractivity contribution in [2.24, 2.45) is 0 Å². The van der Waals surface area contributed by atoms with Crippen molar-refractivity contribution in [2.45, 2.75) is 19.1 Å². The number of aromatic nitrogens is 5. The third-order valence-electron chi connectivity index (χ3n) is 4.08. The molecule has 4 rings (SSSR count). The van der Waals surface area contributed by atoms with Crippen LogP contribution in [-0.2, 0) is 0 Å². The molecule has 3 heterocycles. The summed E-state index contributed by atoms with van der Waals surface area (Å²) in [5.74, 6) is -0.0809. The van der Waals surface area contributed by atoms with Gasteiger partial charge in [-0.1, -0.05) is 6.07 Å². The predicted molar refractivity (Wildman–Crippen MR) is 91.6 cm³/mol. The van der Waals surface area contributed by atoms with Crippen LogP contribution in [0.4, 0.5) is 19.1 Å². The van der Waals surface area contributed by atoms with E-state index < -0.39 is 12.2 Å². The molecule has 0 unspecified atom stereocenters. The number of rotatable bonds is 3. The molecule has 4 aromatic rings. The highest BCUT2D eigenvalue weighted by Gasteiger charge is 2.36. The van der Waals surface area contributed by atoms with Crippen LogP contribution in [0.5, 0.6) is 0 Å². The van der Waals surface area contributed by atoms with Crippen LogP contribution in [0.2, 0.25) is 0 Å². The lowest BCUT2D eigenvalue weighted by atomic mass is 10.0. The van der Waals surface area contributed by atoms with E-state index >= 15 is 0 Å². The normalized spacial score (nSPS) is 13.2. The fourth-order valence-corrected chi connectivity index (χ4v) is 2.64. The van der Waals surface area contributed by atoms with Gasteiger partial charge in [0.05, 0.1) is 5.52 Å². The van der Waals surface area contributed by atoms with Crippen LogP contribution in [0.25, 0.3) is 33.1 Å². The molecule has 0 bridgehead atoms. The van der Waals surface area contributed by atoms with Gasteiger partial charge in [-0.15, -0.1) is 0 Å². The zero-order chi connectivity index (χ0) is 18.3. The van der Waals surface area contributed by atoms with E-state index in [0.29, 0.717) is 11.0 Å². The molecule has 9 heteroatoms. The number of halogens is 3. The van der Waals surface area contributed by atoms with Crippen molar-refractivity contribution in [1.29, 1.82) is 0 Å². The topological polar surface area (TPSA) is 79.4 Å². The molecule has 0 saturated carbocycles. The van der Waals surface area contributed by atoms with Gasteiger partial charge in [-0.2, -0.15) is 18.2 Å². The fraction of sp³-hybridized carbons (Fsp3) is 0.176. The minimum absolute atomic E-state index is 0.0809. The van der Waals surface area contributed by atoms with Crippen LogP contribution in [0.3, 0.4) is 0 Å². The van der Waals surface area contributed by atoms with Crippen molar-refractivity contribution in [2.75, 3.05) is 5.32 Å². The van der Waals surface area contributed by atoms with Gasteiger partial charge in [-0.05, 0) is 24.6 Å². The molecule has 0 saturated heterocycles. The van der Waals surface area contributed by atoms with Crippen LogP contribution < -0.4 is 5.32 Å². The summed E-state index contributed by atoms with van der Waals surface area (Å²) in [5.41, 5.74) is 3.04. The SMILES string of the molecule is C[C@@H](Nc1ncc2c(-c3ccc4ncncc4c3)c[nH]c2n1)C(F)(F)F. The Hall–Kier alpha value is -3.23. The Morgan fingerprint density at radius 3 is 2.81 bits per heavy atom. The first-order chi connectivity index (χ1) is 12.4. The number of nitrogens with zero attached hydrogens (tertiary/aromatic N) is 4. The van der Waals surface area contributed by atoms with Crippen LogP contribution in [0, 0.1) is 0 Å². The summed E-state index contributed by atoms with van der Waals surface area (Å²) < 4.78 is 38.0. The molecule has 0 amide bonds. The highest BCUT2D eigenvalue weighted by atomic mass is 19.4. The van der Waals surface area contributed by atoms with Crippen LogP contribution >= 0.6 is 0 Å². The standard InChI is InChI=1S/C17H13F3N6/c1-9(17(18,19)20)25-16-23-7-13-12(6-22-15(13)26-16)10-2-3-14-11(4-10)5-21-8-24-14/h2-9H,1H3,(H2,22,23,25,26)/t9-/m1/s1. The van der Waals surface area contributed by atoms with Crippen LogP contribution in [0.1, 0.15) is 6.92 Å². The number of alkyl halides is 3. The molecule has 6 nitrogen and oxygen atoms in total. The predicted octanol–water partition coefficient (Wildman–Crippen LogP) is 3.93. The lowest BCUT2D eigenvalue weighted by molar-refractivity contribution is -0.138. The number of hydrogen-bond acceptors (Lipinski definition) is 5. The van der Waals surface area contributed by atoms with Crippen LogP contribution in [-0.4, -0.2) is 37.1 Å². The third-order valence-corrected chi connectivity index (χ3v) is 4.08. The number of fused-ring (bicyclic) bond motifs is 2. The van der Waals surface area contributed by atoms with Crippen molar-refractivity contribution in [3.8, 4) is 11.1 Å². The quantitative estimate of drug-likeness (QED) is 0.580. The molecule has 0 aliphatic carbocycles. The van der Waals surface area contributed by atoms with Gasteiger partial charge in [0, 0.05) is 34.9 Å². The summed E-state index contributed by atoms with van der Waals surface area (Å²) in [6, 6.07) is 3.99. The molecule has 132 valence electrons. The first kappa shape index (κ1) is 16.2. The van der Waals surface area contributed by atoms with Crippen molar-refractivity contribution in [1.82, 2.24) is 24.9 Å². The largest absolute Gasteiger partial charge is 0.408 e. The van der Waals surface area contributed by atoms with E-state index in [0.717, 1.165) is 29.0 Å². The Morgan fingerprint density at radius 2 is 2.00 bits per heavy atom. The Bertz CT molecular complexity index is 1090. The molecule has 0 fully saturated rings. The number of hydrogen-bond donors (Lipinski definition) is 2. The smallest absolute Gasteiger partial charge is 0.345 e. The average molecular weight is 358 g/mol. The van der Waals surface area contributed by atoms with Crippen molar-refractivity contribution < 1.29 is 13.2 Å². The zero-order valence-corrected chi connectivity index (χ0v) is 13.5. The molecule has 0 spiro atoms. The third kappa shape index (κ3) is 2.92. The number of anilines is 1. The molecule has 2 N–H and O–H groups in total. The van der Waals surface area contributed by atoms with Gasteiger partial charge < -0.3 is 10.3 Å². The summed E-state index contributed by atoms with van der Waals surface area (Å²) in [6.45, 7) is 1.02. The average Bonchev–Trinajstić information content (AvgIpc) is 3.03. The fourth-order valence-electron chi connectivity index (χ4n) is 2.64. The summed E-state index contributed by atoms with van der Waals surface area (Å²) in [6.07, 6.45) is 2.09. The molecular weight excluding hydrogens is 345 g/mol. The zero-order valence-electron chi connectivity index (χ0n) is 13.5. The van der Waals surface area contributed by atoms with Gasteiger partial charge in [0.15, 0.2) is 0 Å². The summed E-state index contributed by atoms with van der Waals surface area (Å²) in [4.78, 5) is 19.3. The molecule has 26 heavy (non-hydrogen) atoms. The maximum Gasteiger partial charge on any atom is 0.408 e. The summed E-state index contributed by atoms with van der Waals surface area (Å²) >= 11 is 0. The van der Waals surface area contributed by atoms with Gasteiger partial charge >= 0.3 is 6.18 Å². The van der Waals surface area contributed by atoms with Gasteiger partial charge in [-0.25, -0.2) is 15.0 Å². The summed E-state index contributed by atoms with van der Waals surface area (Å²) in [7, 11) is 0. The van der Waals surface area contributed by atoms with E-state index in [1.54, 1.807) is 12.4 Å². The number of benzene rings is 1. The molecule has 3 aromatic heterocycles. The van der Waals surface area contributed by atoms with E-state index in [1.807, 2.05) is 18.2 Å². The second-order valence-electron chi connectivity index (χ2n) is 5.86. The molecular formula is C17H13F3N6. The van der Waals surface area contributed by atoms with Gasteiger partial charge in [-0.3, -0.25) is 0 Å². The monoisotopic (exact) mass is 358 g/mol. The van der Waals surface area contributed by atoms with E-state index in [4.69, 9.17) is 0 Å². The Balaban J connectivity index is 1.71. The lowest BCUT2D eigenvalue weighted by Crippen LogP contribution is -2.33.